The van der Waals surface area contributed by atoms with Crippen LogP contribution in [0.4, 0.5) is 0 Å². The fourth-order valence-corrected chi connectivity index (χ4v) is 3.32. The van der Waals surface area contributed by atoms with Gasteiger partial charge >= 0.3 is 0 Å². The lowest BCUT2D eigenvalue weighted by Crippen LogP contribution is -2.45. The number of amides is 1. The molecule has 4 nitrogen and oxygen atoms in total. The van der Waals surface area contributed by atoms with Crippen LogP contribution in [0, 0.1) is 5.92 Å². The van der Waals surface area contributed by atoms with E-state index in [9.17, 15) is 4.79 Å². The van der Waals surface area contributed by atoms with Gasteiger partial charge in [-0.1, -0.05) is 30.1 Å². The van der Waals surface area contributed by atoms with Gasteiger partial charge in [-0.3, -0.25) is 4.79 Å². The highest BCUT2D eigenvalue weighted by Gasteiger charge is 2.26. The molecule has 0 aliphatic carbocycles. The van der Waals surface area contributed by atoms with Crippen molar-refractivity contribution in [2.45, 2.75) is 32.8 Å². The van der Waals surface area contributed by atoms with Crippen LogP contribution >= 0.6 is 23.2 Å². The predicted octanol–water partition coefficient (Wildman–Crippen LogP) is 3.61. The summed E-state index contributed by atoms with van der Waals surface area (Å²) in [6.07, 6.45) is 1.53. The number of hydrogen-bond donors (Lipinski definition) is 1. The topological polar surface area (TPSA) is 41.6 Å². The van der Waals surface area contributed by atoms with Crippen LogP contribution in [0.15, 0.2) is 18.2 Å². The standard InChI is InChI=1S/C17H24Cl2N2O2/c1-3-20-11-13-4-6-21(7-5-13)17(22)12(2)23-16-9-14(18)8-15(19)10-16/h8-10,12-13,20H,3-7,11H2,1-2H3. The van der Waals surface area contributed by atoms with E-state index in [0.29, 0.717) is 21.7 Å². The Bertz CT molecular complexity index is 511. The van der Waals surface area contributed by atoms with E-state index in [1.807, 2.05) is 4.90 Å². The van der Waals surface area contributed by atoms with E-state index in [-0.39, 0.29) is 5.91 Å². The lowest BCUT2D eigenvalue weighted by molar-refractivity contribution is -0.139. The van der Waals surface area contributed by atoms with Crippen LogP contribution in [-0.4, -0.2) is 43.1 Å². The van der Waals surface area contributed by atoms with Crippen molar-refractivity contribution in [3.8, 4) is 5.75 Å². The molecule has 0 bridgehead atoms. The molecule has 128 valence electrons. The number of piperidine rings is 1. The minimum Gasteiger partial charge on any atom is -0.481 e. The van der Waals surface area contributed by atoms with Crippen molar-refractivity contribution in [1.29, 1.82) is 0 Å². The average Bonchev–Trinajstić information content (AvgIpc) is 2.51. The number of nitrogens with one attached hydrogen (secondary N) is 1. The summed E-state index contributed by atoms with van der Waals surface area (Å²) in [5, 5.41) is 4.37. The Balaban J connectivity index is 1.85. The van der Waals surface area contributed by atoms with Crippen molar-refractivity contribution >= 4 is 29.1 Å². The number of likely N-dealkylation sites (tertiary alicyclic amines) is 1. The van der Waals surface area contributed by atoms with Crippen LogP contribution in [0.3, 0.4) is 0 Å². The van der Waals surface area contributed by atoms with E-state index in [0.717, 1.165) is 39.0 Å². The van der Waals surface area contributed by atoms with Crippen molar-refractivity contribution in [2.75, 3.05) is 26.2 Å². The molecule has 1 aliphatic heterocycles. The van der Waals surface area contributed by atoms with Gasteiger partial charge in [0, 0.05) is 23.1 Å². The Morgan fingerprint density at radius 3 is 2.48 bits per heavy atom. The Hall–Kier alpha value is -0.970. The van der Waals surface area contributed by atoms with Crippen LogP contribution in [0.2, 0.25) is 10.0 Å². The van der Waals surface area contributed by atoms with Crippen LogP contribution in [-0.2, 0) is 4.79 Å². The van der Waals surface area contributed by atoms with Gasteiger partial charge in [-0.15, -0.1) is 0 Å². The maximum atomic E-state index is 12.5. The number of nitrogens with zero attached hydrogens (tertiary/aromatic N) is 1. The van der Waals surface area contributed by atoms with Crippen molar-refractivity contribution in [2.24, 2.45) is 5.92 Å². The summed E-state index contributed by atoms with van der Waals surface area (Å²) >= 11 is 11.9. The van der Waals surface area contributed by atoms with Gasteiger partial charge < -0.3 is 15.0 Å². The lowest BCUT2D eigenvalue weighted by atomic mass is 9.96. The SMILES string of the molecule is CCNCC1CCN(C(=O)C(C)Oc2cc(Cl)cc(Cl)c2)CC1. The van der Waals surface area contributed by atoms with E-state index in [4.69, 9.17) is 27.9 Å². The number of carbonyl (C=O) groups excluding carboxylic acids is 1. The van der Waals surface area contributed by atoms with Gasteiger partial charge in [0.2, 0.25) is 0 Å². The zero-order valence-electron chi connectivity index (χ0n) is 13.6. The summed E-state index contributed by atoms with van der Waals surface area (Å²) in [7, 11) is 0. The second kappa shape index (κ2) is 8.76. The quantitative estimate of drug-likeness (QED) is 0.844. The first-order chi connectivity index (χ1) is 11.0. The maximum absolute atomic E-state index is 12.5. The number of benzene rings is 1. The van der Waals surface area contributed by atoms with E-state index in [2.05, 4.69) is 12.2 Å². The molecular weight excluding hydrogens is 335 g/mol. The molecule has 2 rings (SSSR count). The van der Waals surface area contributed by atoms with Crippen LogP contribution in [0.25, 0.3) is 0 Å². The van der Waals surface area contributed by atoms with Crippen LogP contribution < -0.4 is 10.1 Å². The van der Waals surface area contributed by atoms with Gasteiger partial charge in [-0.05, 0) is 57.0 Å². The number of carbonyl (C=O) groups is 1. The van der Waals surface area contributed by atoms with Crippen LogP contribution in [0.1, 0.15) is 26.7 Å². The molecule has 0 aromatic heterocycles. The monoisotopic (exact) mass is 358 g/mol. The molecule has 1 atom stereocenters. The maximum Gasteiger partial charge on any atom is 0.263 e. The molecule has 6 heteroatoms. The van der Waals surface area contributed by atoms with Gasteiger partial charge in [0.15, 0.2) is 6.10 Å². The number of hydrogen-bond acceptors (Lipinski definition) is 3. The molecule has 1 aromatic rings. The molecule has 1 aliphatic rings. The van der Waals surface area contributed by atoms with Crippen LogP contribution in [0.5, 0.6) is 5.75 Å². The molecule has 23 heavy (non-hydrogen) atoms. The highest BCUT2D eigenvalue weighted by atomic mass is 35.5. The van der Waals surface area contributed by atoms with E-state index < -0.39 is 6.10 Å². The molecule has 1 saturated heterocycles. The van der Waals surface area contributed by atoms with E-state index in [1.54, 1.807) is 25.1 Å². The Kier molecular flexibility index (Phi) is 7.00. The zero-order chi connectivity index (χ0) is 16.8. The molecule has 1 heterocycles. The third kappa shape index (κ3) is 5.55. The van der Waals surface area contributed by atoms with Crippen molar-refractivity contribution < 1.29 is 9.53 Å². The number of rotatable bonds is 6. The first-order valence-electron chi connectivity index (χ1n) is 8.12. The summed E-state index contributed by atoms with van der Waals surface area (Å²) in [6, 6.07) is 4.97. The average molecular weight is 359 g/mol. The molecular formula is C17H24Cl2N2O2. The largest absolute Gasteiger partial charge is 0.481 e. The molecule has 1 aromatic carbocycles. The molecule has 1 unspecified atom stereocenters. The highest BCUT2D eigenvalue weighted by molar-refractivity contribution is 6.34. The first-order valence-corrected chi connectivity index (χ1v) is 8.87. The van der Waals surface area contributed by atoms with E-state index in [1.165, 1.54) is 0 Å². The minimum absolute atomic E-state index is 0.0167. The first kappa shape index (κ1) is 18.4. The van der Waals surface area contributed by atoms with Gasteiger partial charge in [0.25, 0.3) is 5.91 Å². The van der Waals surface area contributed by atoms with Crippen molar-refractivity contribution in [1.82, 2.24) is 10.2 Å². The Labute approximate surface area is 148 Å². The minimum atomic E-state index is -0.546. The second-order valence-electron chi connectivity index (χ2n) is 5.94. The summed E-state index contributed by atoms with van der Waals surface area (Å²) < 4.78 is 5.71. The van der Waals surface area contributed by atoms with Gasteiger partial charge in [0.1, 0.15) is 5.75 Å². The summed E-state index contributed by atoms with van der Waals surface area (Å²) in [6.45, 7) is 7.48. The fraction of sp³-hybridized carbons (Fsp3) is 0.588. The zero-order valence-corrected chi connectivity index (χ0v) is 15.2. The Morgan fingerprint density at radius 1 is 1.30 bits per heavy atom. The predicted molar refractivity (Wildman–Crippen MR) is 94.4 cm³/mol. The molecule has 0 spiro atoms. The Morgan fingerprint density at radius 2 is 1.91 bits per heavy atom. The van der Waals surface area contributed by atoms with E-state index >= 15 is 0 Å². The molecule has 1 fully saturated rings. The number of ether oxygens (including phenoxy) is 1. The van der Waals surface area contributed by atoms with Gasteiger partial charge in [-0.2, -0.15) is 0 Å². The third-order valence-electron chi connectivity index (χ3n) is 4.11. The highest BCUT2D eigenvalue weighted by Crippen LogP contribution is 2.25. The lowest BCUT2D eigenvalue weighted by Gasteiger charge is -2.33. The number of halogens is 2. The third-order valence-corrected chi connectivity index (χ3v) is 4.54. The normalized spacial score (nSPS) is 17.1. The van der Waals surface area contributed by atoms with Gasteiger partial charge in [0.05, 0.1) is 0 Å². The fourth-order valence-electron chi connectivity index (χ4n) is 2.81. The van der Waals surface area contributed by atoms with Gasteiger partial charge in [-0.25, -0.2) is 0 Å². The summed E-state index contributed by atoms with van der Waals surface area (Å²) in [5.41, 5.74) is 0. The summed E-state index contributed by atoms with van der Waals surface area (Å²) in [5.74, 6) is 1.19. The molecule has 1 amide bonds. The molecule has 1 N–H and O–H groups in total. The van der Waals surface area contributed by atoms with Crippen molar-refractivity contribution in [3.05, 3.63) is 28.2 Å². The second-order valence-corrected chi connectivity index (χ2v) is 6.81. The van der Waals surface area contributed by atoms with Crippen molar-refractivity contribution in [3.63, 3.8) is 0 Å². The summed E-state index contributed by atoms with van der Waals surface area (Å²) in [4.78, 5) is 14.4. The molecule has 0 saturated carbocycles. The smallest absolute Gasteiger partial charge is 0.263 e. The molecule has 0 radical (unpaired) electrons.